The zero-order valence-corrected chi connectivity index (χ0v) is 13.9. The number of nitrogens with zero attached hydrogens (tertiary/aromatic N) is 2. The maximum absolute atomic E-state index is 12.6. The van der Waals surface area contributed by atoms with Crippen LogP contribution in [0.2, 0.25) is 0 Å². The number of aromatic nitrogens is 2. The van der Waals surface area contributed by atoms with Gasteiger partial charge in [0.2, 0.25) is 0 Å². The Labute approximate surface area is 137 Å². The molecule has 2 saturated heterocycles. The quantitative estimate of drug-likeness (QED) is 0.863. The third kappa shape index (κ3) is 2.54. The van der Waals surface area contributed by atoms with Crippen LogP contribution >= 0.6 is 15.9 Å². The van der Waals surface area contributed by atoms with Gasteiger partial charge in [0.25, 0.3) is 5.91 Å². The molecule has 116 valence electrons. The Bertz CT molecular complexity index is 713. The highest BCUT2D eigenvalue weighted by Crippen LogP contribution is 2.27. The predicted octanol–water partition coefficient (Wildman–Crippen LogP) is 2.68. The number of carbonyl (C=O) groups excluding carboxylic acids is 1. The average molecular weight is 363 g/mol. The molecule has 2 aromatic rings. The van der Waals surface area contributed by atoms with E-state index in [4.69, 9.17) is 0 Å². The van der Waals surface area contributed by atoms with Crippen LogP contribution in [0.4, 0.5) is 0 Å². The summed E-state index contributed by atoms with van der Waals surface area (Å²) in [7, 11) is 0. The summed E-state index contributed by atoms with van der Waals surface area (Å²) in [6.07, 6.45) is 4.85. The van der Waals surface area contributed by atoms with Crippen LogP contribution in [-0.2, 0) is 0 Å². The number of amides is 1. The minimum atomic E-state index is -0.0717. The van der Waals surface area contributed by atoms with Crippen molar-refractivity contribution >= 4 is 32.7 Å². The first-order valence-electron chi connectivity index (χ1n) is 7.89. The molecule has 4 rings (SSSR count). The monoisotopic (exact) mass is 362 g/mol. The lowest BCUT2D eigenvalue weighted by Crippen LogP contribution is -2.52. The molecule has 2 atom stereocenters. The summed E-state index contributed by atoms with van der Waals surface area (Å²) in [5.74, 6) is -0.0717. The second-order valence-electron chi connectivity index (χ2n) is 6.30. The number of halogens is 1. The van der Waals surface area contributed by atoms with Crippen LogP contribution in [0.5, 0.6) is 0 Å². The van der Waals surface area contributed by atoms with Crippen LogP contribution in [0.3, 0.4) is 0 Å². The van der Waals surface area contributed by atoms with Crippen LogP contribution in [0.1, 0.15) is 36.2 Å². The molecule has 1 aromatic heterocycles. The maximum Gasteiger partial charge on any atom is 0.272 e. The van der Waals surface area contributed by atoms with E-state index < -0.39 is 0 Å². The Morgan fingerprint density at radius 2 is 2.27 bits per heavy atom. The first-order chi connectivity index (χ1) is 10.7. The zero-order chi connectivity index (χ0) is 15.1. The first kappa shape index (κ1) is 14.2. The lowest BCUT2D eigenvalue weighted by molar-refractivity contribution is 0.0787. The number of hydrogen-bond acceptors (Lipinski definition) is 3. The van der Waals surface area contributed by atoms with E-state index in [2.05, 4.69) is 36.3 Å². The van der Waals surface area contributed by atoms with Gasteiger partial charge in [-0.25, -0.2) is 0 Å². The minimum absolute atomic E-state index is 0.0717. The molecule has 1 amide bonds. The molecule has 0 aliphatic carbocycles. The van der Waals surface area contributed by atoms with Gasteiger partial charge in [0.05, 0.1) is 5.52 Å². The molecule has 0 bridgehead atoms. The van der Waals surface area contributed by atoms with Crippen molar-refractivity contribution in [3.63, 3.8) is 0 Å². The Kier molecular flexibility index (Phi) is 3.66. The maximum atomic E-state index is 12.6. The highest BCUT2D eigenvalue weighted by atomic mass is 79.9. The van der Waals surface area contributed by atoms with Crippen LogP contribution in [0.25, 0.3) is 10.9 Å². The predicted molar refractivity (Wildman–Crippen MR) is 88.9 cm³/mol. The van der Waals surface area contributed by atoms with Crippen LogP contribution in [0, 0.1) is 0 Å². The van der Waals surface area contributed by atoms with E-state index in [9.17, 15) is 4.79 Å². The molecule has 0 saturated carbocycles. The number of carbonyl (C=O) groups is 1. The summed E-state index contributed by atoms with van der Waals surface area (Å²) in [5, 5.41) is 11.2. The van der Waals surface area contributed by atoms with Crippen molar-refractivity contribution in [3.8, 4) is 0 Å². The molecule has 1 aromatic carbocycles. The van der Waals surface area contributed by atoms with Crippen LogP contribution < -0.4 is 5.32 Å². The molecule has 2 aliphatic rings. The largest absolute Gasteiger partial charge is 0.347 e. The van der Waals surface area contributed by atoms with Gasteiger partial charge in [0.1, 0.15) is 0 Å². The standard InChI is InChI=1S/C16H19BrN4O/c17-10-4-5-13-14(8-10)19-20-15(13)16(22)18-11-2-1-3-12-6-7-21(12)9-11/h4-5,8,11-12H,1-3,6-7,9H2,(H,18,22)(H,19,20)/t11-,12?/m0/s1. The molecule has 22 heavy (non-hydrogen) atoms. The summed E-state index contributed by atoms with van der Waals surface area (Å²) in [6, 6.07) is 6.79. The van der Waals surface area contributed by atoms with Gasteiger partial charge in [-0.2, -0.15) is 5.10 Å². The molecule has 0 radical (unpaired) electrons. The van der Waals surface area contributed by atoms with E-state index in [0.29, 0.717) is 5.69 Å². The van der Waals surface area contributed by atoms with E-state index in [-0.39, 0.29) is 11.9 Å². The third-order valence-electron chi connectivity index (χ3n) is 4.89. The number of nitrogens with one attached hydrogen (secondary N) is 2. The fourth-order valence-electron chi connectivity index (χ4n) is 3.57. The average Bonchev–Trinajstić information content (AvgIpc) is 2.84. The van der Waals surface area contributed by atoms with Gasteiger partial charge in [-0.15, -0.1) is 0 Å². The molecule has 6 heteroatoms. The van der Waals surface area contributed by atoms with E-state index in [1.54, 1.807) is 0 Å². The number of H-pyrrole nitrogens is 1. The second kappa shape index (κ2) is 5.66. The summed E-state index contributed by atoms with van der Waals surface area (Å²) in [6.45, 7) is 2.15. The molecule has 2 fully saturated rings. The van der Waals surface area contributed by atoms with E-state index in [1.807, 2.05) is 18.2 Å². The van der Waals surface area contributed by atoms with Crippen molar-refractivity contribution in [1.29, 1.82) is 0 Å². The number of aromatic amines is 1. The Morgan fingerprint density at radius 3 is 3.09 bits per heavy atom. The first-order valence-corrected chi connectivity index (χ1v) is 8.68. The van der Waals surface area contributed by atoms with Crippen molar-refractivity contribution in [3.05, 3.63) is 28.4 Å². The molecular weight excluding hydrogens is 344 g/mol. The van der Waals surface area contributed by atoms with E-state index in [1.165, 1.54) is 25.8 Å². The minimum Gasteiger partial charge on any atom is -0.347 e. The normalized spacial score (nSPS) is 25.3. The fourth-order valence-corrected chi connectivity index (χ4v) is 3.93. The highest BCUT2D eigenvalue weighted by molar-refractivity contribution is 9.10. The highest BCUT2D eigenvalue weighted by Gasteiger charge is 2.32. The van der Waals surface area contributed by atoms with Gasteiger partial charge < -0.3 is 5.32 Å². The summed E-state index contributed by atoms with van der Waals surface area (Å²) < 4.78 is 0.975. The number of fused-ring (bicyclic) bond motifs is 2. The van der Waals surface area contributed by atoms with Crippen molar-refractivity contribution in [2.24, 2.45) is 0 Å². The summed E-state index contributed by atoms with van der Waals surface area (Å²) in [5.41, 5.74) is 1.37. The Balaban J connectivity index is 1.51. The molecular formula is C16H19BrN4O. The molecule has 5 nitrogen and oxygen atoms in total. The topological polar surface area (TPSA) is 61.0 Å². The Hall–Kier alpha value is -1.40. The van der Waals surface area contributed by atoms with Gasteiger partial charge in [0.15, 0.2) is 5.69 Å². The number of rotatable bonds is 2. The van der Waals surface area contributed by atoms with Crippen molar-refractivity contribution in [2.45, 2.75) is 37.8 Å². The van der Waals surface area contributed by atoms with Gasteiger partial charge in [-0.1, -0.05) is 15.9 Å². The lowest BCUT2D eigenvalue weighted by Gasteiger charge is -2.40. The van der Waals surface area contributed by atoms with Crippen molar-refractivity contribution in [1.82, 2.24) is 20.4 Å². The van der Waals surface area contributed by atoms with Gasteiger partial charge in [0, 0.05) is 28.5 Å². The van der Waals surface area contributed by atoms with E-state index in [0.717, 1.165) is 34.4 Å². The smallest absolute Gasteiger partial charge is 0.272 e. The molecule has 0 spiro atoms. The summed E-state index contributed by atoms with van der Waals surface area (Å²) in [4.78, 5) is 15.1. The van der Waals surface area contributed by atoms with Gasteiger partial charge in [-0.3, -0.25) is 14.8 Å². The Morgan fingerprint density at radius 1 is 1.36 bits per heavy atom. The van der Waals surface area contributed by atoms with Crippen molar-refractivity contribution < 1.29 is 4.79 Å². The second-order valence-corrected chi connectivity index (χ2v) is 7.22. The fraction of sp³-hybridized carbons (Fsp3) is 0.500. The number of benzene rings is 1. The van der Waals surface area contributed by atoms with Gasteiger partial charge >= 0.3 is 0 Å². The summed E-state index contributed by atoms with van der Waals surface area (Å²) >= 11 is 3.43. The SMILES string of the molecule is O=C(N[C@H]1CCCC2CCN2C1)c1n[nH]c2cc(Br)ccc12. The third-order valence-corrected chi connectivity index (χ3v) is 5.38. The van der Waals surface area contributed by atoms with Crippen molar-refractivity contribution in [2.75, 3.05) is 13.1 Å². The van der Waals surface area contributed by atoms with Gasteiger partial charge in [-0.05, 0) is 50.4 Å². The van der Waals surface area contributed by atoms with Crippen LogP contribution in [0.15, 0.2) is 22.7 Å². The zero-order valence-electron chi connectivity index (χ0n) is 12.3. The molecule has 1 unspecified atom stereocenters. The molecule has 2 N–H and O–H groups in total. The molecule has 2 aliphatic heterocycles. The van der Waals surface area contributed by atoms with Crippen LogP contribution in [-0.4, -0.2) is 46.2 Å². The number of hydrogen-bond donors (Lipinski definition) is 2. The lowest BCUT2D eigenvalue weighted by atomic mass is 10.00. The molecule has 3 heterocycles. The van der Waals surface area contributed by atoms with E-state index >= 15 is 0 Å².